The molecule has 2 atom stereocenters. The summed E-state index contributed by atoms with van der Waals surface area (Å²) in [5.41, 5.74) is 4.67. The summed E-state index contributed by atoms with van der Waals surface area (Å²) in [5.74, 6) is -2.12. The number of nitrogens with one attached hydrogen (secondary N) is 2. The highest BCUT2D eigenvalue weighted by molar-refractivity contribution is 6.00. The van der Waals surface area contributed by atoms with Crippen molar-refractivity contribution in [2.24, 2.45) is 0 Å². The molecule has 43 heavy (non-hydrogen) atoms. The second-order valence-corrected chi connectivity index (χ2v) is 11.1. The van der Waals surface area contributed by atoms with E-state index in [0.717, 1.165) is 41.2 Å². The van der Waals surface area contributed by atoms with Gasteiger partial charge in [0.25, 0.3) is 11.8 Å². The van der Waals surface area contributed by atoms with Crippen molar-refractivity contribution in [1.29, 1.82) is 0 Å². The zero-order valence-electron chi connectivity index (χ0n) is 25.6. The van der Waals surface area contributed by atoms with E-state index in [0.29, 0.717) is 30.8 Å². The summed E-state index contributed by atoms with van der Waals surface area (Å²) in [6.45, 7) is 13.5. The minimum atomic E-state index is -1.09. The molecule has 3 rings (SSSR count). The van der Waals surface area contributed by atoms with Gasteiger partial charge in [-0.05, 0) is 85.7 Å². The van der Waals surface area contributed by atoms with Crippen LogP contribution >= 0.6 is 0 Å². The maximum Gasteiger partial charge on any atom is 0.253 e. The summed E-state index contributed by atoms with van der Waals surface area (Å²) in [7, 11) is 0. The van der Waals surface area contributed by atoms with Crippen molar-refractivity contribution >= 4 is 17.4 Å². The Morgan fingerprint density at radius 2 is 1.56 bits per heavy atom. The van der Waals surface area contributed by atoms with E-state index in [1.807, 2.05) is 52.0 Å². The molecule has 3 N–H and O–H groups in total. The van der Waals surface area contributed by atoms with Gasteiger partial charge in [-0.1, -0.05) is 50.3 Å². The number of carbonyl (C=O) groups excluding carboxylic acids is 2. The fourth-order valence-electron chi connectivity index (χ4n) is 5.05. The third kappa shape index (κ3) is 10.1. The molecule has 0 aromatic heterocycles. The van der Waals surface area contributed by atoms with Crippen molar-refractivity contribution in [2.45, 2.75) is 65.6 Å². The monoisotopic (exact) mass is 591 g/mol. The molecular formula is C35H43F2N3O3. The van der Waals surface area contributed by atoms with Crippen LogP contribution in [-0.2, 0) is 13.0 Å². The molecule has 0 radical (unpaired) electrons. The van der Waals surface area contributed by atoms with Gasteiger partial charge in [0.05, 0.1) is 12.1 Å². The Labute approximate surface area is 253 Å². The summed E-state index contributed by atoms with van der Waals surface area (Å²) in [6, 6.07) is 15.1. The van der Waals surface area contributed by atoms with E-state index in [4.69, 9.17) is 0 Å². The van der Waals surface area contributed by atoms with E-state index in [1.54, 1.807) is 23.1 Å². The molecule has 0 heterocycles. The third-order valence-corrected chi connectivity index (χ3v) is 7.12. The number of amides is 2. The minimum Gasteiger partial charge on any atom is -0.390 e. The number of rotatable bonds is 15. The number of carbonyl (C=O) groups is 2. The van der Waals surface area contributed by atoms with Gasteiger partial charge < -0.3 is 20.6 Å². The molecule has 0 saturated carbocycles. The number of halogens is 2. The lowest BCUT2D eigenvalue weighted by molar-refractivity contribution is 0.0755. The average molecular weight is 592 g/mol. The third-order valence-electron chi connectivity index (χ3n) is 7.12. The zero-order chi connectivity index (χ0) is 31.5. The van der Waals surface area contributed by atoms with Gasteiger partial charge in [-0.15, -0.1) is 0 Å². The van der Waals surface area contributed by atoms with Gasteiger partial charge in [0.15, 0.2) is 0 Å². The molecular weight excluding hydrogens is 548 g/mol. The lowest BCUT2D eigenvalue weighted by Gasteiger charge is -2.25. The fourth-order valence-corrected chi connectivity index (χ4v) is 5.05. The maximum atomic E-state index is 14.0. The van der Waals surface area contributed by atoms with E-state index in [-0.39, 0.29) is 24.4 Å². The molecule has 3 aromatic rings. The normalized spacial score (nSPS) is 12.4. The highest BCUT2D eigenvalue weighted by atomic mass is 19.1. The molecule has 0 bridgehead atoms. The molecule has 0 unspecified atom stereocenters. The number of nitrogens with zero attached hydrogens (tertiary/aromatic N) is 1. The van der Waals surface area contributed by atoms with E-state index >= 15 is 0 Å². The zero-order valence-corrected chi connectivity index (χ0v) is 25.6. The molecule has 0 aliphatic heterocycles. The molecule has 8 heteroatoms. The molecule has 2 amide bonds. The second kappa shape index (κ2) is 16.1. The van der Waals surface area contributed by atoms with Crippen LogP contribution in [0, 0.1) is 18.6 Å². The highest BCUT2D eigenvalue weighted by Crippen LogP contribution is 2.17. The molecule has 6 nitrogen and oxygen atoms in total. The lowest BCUT2D eigenvalue weighted by Crippen LogP contribution is -2.48. The molecule has 3 aromatic carbocycles. The number of aliphatic hydroxyl groups is 1. The SMILES string of the molecule is C=C(C)c1cccc(CNC[C@@H](O)[C@H](Cc2cc(F)cc(F)c2)NC(=O)c2cc(C)cc(C(=O)N(CCC)CCC)c2)c1. The second-order valence-electron chi connectivity index (χ2n) is 11.1. The van der Waals surface area contributed by atoms with E-state index in [2.05, 4.69) is 17.2 Å². The molecule has 0 aliphatic rings. The topological polar surface area (TPSA) is 81.7 Å². The lowest BCUT2D eigenvalue weighted by atomic mass is 9.99. The summed E-state index contributed by atoms with van der Waals surface area (Å²) >= 11 is 0. The molecule has 230 valence electrons. The highest BCUT2D eigenvalue weighted by Gasteiger charge is 2.24. The van der Waals surface area contributed by atoms with Crippen LogP contribution in [0.4, 0.5) is 8.78 Å². The summed E-state index contributed by atoms with van der Waals surface area (Å²) < 4.78 is 28.0. The number of benzene rings is 3. The van der Waals surface area contributed by atoms with Gasteiger partial charge in [-0.2, -0.15) is 0 Å². The minimum absolute atomic E-state index is 0.00715. The Bertz CT molecular complexity index is 1400. The van der Waals surface area contributed by atoms with Crippen molar-refractivity contribution in [1.82, 2.24) is 15.5 Å². The summed E-state index contributed by atoms with van der Waals surface area (Å²) in [6.07, 6.45) is 0.541. The van der Waals surface area contributed by atoms with Gasteiger partial charge in [0.1, 0.15) is 11.6 Å². The van der Waals surface area contributed by atoms with Gasteiger partial charge in [-0.3, -0.25) is 9.59 Å². The number of hydrogen-bond acceptors (Lipinski definition) is 4. The van der Waals surface area contributed by atoms with Gasteiger partial charge in [0, 0.05) is 43.4 Å². The number of hydrogen-bond donors (Lipinski definition) is 3. The Kier molecular flexibility index (Phi) is 12.6. The van der Waals surface area contributed by atoms with Crippen molar-refractivity contribution in [3.05, 3.63) is 112 Å². The number of aryl methyl sites for hydroxylation is 1. The van der Waals surface area contributed by atoms with Crippen LogP contribution in [0.5, 0.6) is 0 Å². The van der Waals surface area contributed by atoms with Crippen molar-refractivity contribution in [3.63, 3.8) is 0 Å². The Balaban J connectivity index is 1.81. The first-order chi connectivity index (χ1) is 20.5. The van der Waals surface area contributed by atoms with Gasteiger partial charge in [0.2, 0.25) is 0 Å². The quantitative estimate of drug-likeness (QED) is 0.201. The maximum absolute atomic E-state index is 14.0. The van der Waals surface area contributed by atoms with Gasteiger partial charge >= 0.3 is 0 Å². The van der Waals surface area contributed by atoms with Crippen molar-refractivity contribution in [2.75, 3.05) is 19.6 Å². The van der Waals surface area contributed by atoms with Crippen LogP contribution in [0.2, 0.25) is 0 Å². The summed E-state index contributed by atoms with van der Waals surface area (Å²) in [4.78, 5) is 28.5. The van der Waals surface area contributed by atoms with Crippen LogP contribution in [0.1, 0.15) is 76.6 Å². The van der Waals surface area contributed by atoms with Crippen LogP contribution in [-0.4, -0.2) is 53.6 Å². The Morgan fingerprint density at radius 3 is 2.19 bits per heavy atom. The van der Waals surface area contributed by atoms with Crippen molar-refractivity contribution in [3.8, 4) is 0 Å². The fraction of sp³-hybridized carbons (Fsp3) is 0.371. The predicted octanol–water partition coefficient (Wildman–Crippen LogP) is 6.06. The Morgan fingerprint density at radius 1 is 0.907 bits per heavy atom. The molecule has 0 spiro atoms. The largest absolute Gasteiger partial charge is 0.390 e. The standard InChI is InChI=1S/C35H43F2N3O3/c1-6-11-40(12-7-2)35(43)29-14-24(5)13-28(19-29)34(42)39-32(18-26-16-30(36)20-31(37)17-26)33(41)22-38-21-25-9-8-10-27(15-25)23(3)4/h8-10,13-17,19-20,32-33,38,41H,3,6-7,11-12,18,21-22H2,1-2,4-5H3,(H,39,42)/t32-,33+/m0/s1. The average Bonchev–Trinajstić information content (AvgIpc) is 2.95. The van der Waals surface area contributed by atoms with E-state index in [9.17, 15) is 23.5 Å². The van der Waals surface area contributed by atoms with Crippen LogP contribution in [0.3, 0.4) is 0 Å². The van der Waals surface area contributed by atoms with Crippen LogP contribution in [0.25, 0.3) is 5.57 Å². The first-order valence-electron chi connectivity index (χ1n) is 14.8. The molecule has 0 saturated heterocycles. The van der Waals surface area contributed by atoms with E-state index < -0.39 is 29.7 Å². The van der Waals surface area contributed by atoms with Crippen LogP contribution in [0.15, 0.2) is 67.2 Å². The Hall–Kier alpha value is -3.88. The van der Waals surface area contributed by atoms with Gasteiger partial charge in [-0.25, -0.2) is 8.78 Å². The predicted molar refractivity (Wildman–Crippen MR) is 168 cm³/mol. The summed E-state index contributed by atoms with van der Waals surface area (Å²) in [5, 5.41) is 17.2. The molecule has 0 fully saturated rings. The first-order valence-corrected chi connectivity index (χ1v) is 14.8. The first kappa shape index (κ1) is 33.6. The number of allylic oxidation sites excluding steroid dienone is 1. The van der Waals surface area contributed by atoms with Crippen molar-refractivity contribution < 1.29 is 23.5 Å². The van der Waals surface area contributed by atoms with Crippen LogP contribution < -0.4 is 10.6 Å². The van der Waals surface area contributed by atoms with E-state index in [1.165, 1.54) is 12.1 Å². The number of aliphatic hydroxyl groups excluding tert-OH is 1. The smallest absolute Gasteiger partial charge is 0.253 e. The molecule has 0 aliphatic carbocycles.